The summed E-state index contributed by atoms with van der Waals surface area (Å²) in [5.41, 5.74) is 4.03. The number of fused-ring (bicyclic) bond motifs is 1. The summed E-state index contributed by atoms with van der Waals surface area (Å²) >= 11 is 0. The minimum absolute atomic E-state index is 0.101. The molecular formula is C28H29N3O5. The Balaban J connectivity index is 1.66. The van der Waals surface area contributed by atoms with E-state index in [9.17, 15) is 9.90 Å². The summed E-state index contributed by atoms with van der Waals surface area (Å²) in [4.78, 5) is 15.4. The van der Waals surface area contributed by atoms with Crippen molar-refractivity contribution in [2.75, 3.05) is 13.2 Å². The number of nitrogens with one attached hydrogen (secondary N) is 1. The van der Waals surface area contributed by atoms with E-state index in [1.807, 2.05) is 57.2 Å². The van der Waals surface area contributed by atoms with Crippen LogP contribution in [-0.4, -0.2) is 39.3 Å². The van der Waals surface area contributed by atoms with Crippen LogP contribution in [0.1, 0.15) is 59.2 Å². The van der Waals surface area contributed by atoms with Crippen LogP contribution < -0.4 is 9.47 Å². The van der Waals surface area contributed by atoms with Crippen LogP contribution in [0.25, 0.3) is 11.3 Å². The van der Waals surface area contributed by atoms with Crippen molar-refractivity contribution in [3.63, 3.8) is 0 Å². The highest BCUT2D eigenvalue weighted by Crippen LogP contribution is 2.46. The number of aromatic nitrogens is 2. The highest BCUT2D eigenvalue weighted by molar-refractivity contribution is 6.00. The van der Waals surface area contributed by atoms with Gasteiger partial charge < -0.3 is 23.9 Å². The van der Waals surface area contributed by atoms with Gasteiger partial charge in [-0.2, -0.15) is 5.10 Å². The highest BCUT2D eigenvalue weighted by Gasteiger charge is 2.43. The average molecular weight is 488 g/mol. The molecule has 0 aliphatic carbocycles. The van der Waals surface area contributed by atoms with Gasteiger partial charge in [-0.05, 0) is 62.2 Å². The zero-order valence-corrected chi connectivity index (χ0v) is 20.6. The molecule has 186 valence electrons. The first-order valence-electron chi connectivity index (χ1n) is 12.1. The van der Waals surface area contributed by atoms with Crippen LogP contribution in [0.4, 0.5) is 0 Å². The third-order valence-electron chi connectivity index (χ3n) is 6.22. The van der Waals surface area contributed by atoms with Gasteiger partial charge in [0.1, 0.15) is 22.9 Å². The van der Waals surface area contributed by atoms with Crippen molar-refractivity contribution in [3.8, 4) is 28.5 Å². The molecule has 2 aromatic heterocycles. The Morgan fingerprint density at radius 2 is 1.97 bits per heavy atom. The maximum absolute atomic E-state index is 13.6. The molecule has 1 amide bonds. The number of carbonyl (C=O) groups excluding carboxylic acids is 1. The van der Waals surface area contributed by atoms with Crippen LogP contribution in [0.5, 0.6) is 17.2 Å². The maximum Gasteiger partial charge on any atom is 0.273 e. The quantitative estimate of drug-likeness (QED) is 0.318. The number of amides is 1. The molecule has 3 heterocycles. The van der Waals surface area contributed by atoms with Crippen molar-refractivity contribution in [1.82, 2.24) is 15.1 Å². The van der Waals surface area contributed by atoms with E-state index in [1.54, 1.807) is 23.3 Å². The van der Waals surface area contributed by atoms with E-state index < -0.39 is 6.04 Å². The van der Waals surface area contributed by atoms with Crippen LogP contribution >= 0.6 is 0 Å². The van der Waals surface area contributed by atoms with Crippen molar-refractivity contribution in [2.45, 2.75) is 39.8 Å². The van der Waals surface area contributed by atoms with Crippen LogP contribution in [0.15, 0.2) is 59.2 Å². The van der Waals surface area contributed by atoms with Gasteiger partial charge in [0.05, 0.1) is 32.1 Å². The fourth-order valence-corrected chi connectivity index (χ4v) is 4.62. The van der Waals surface area contributed by atoms with E-state index in [2.05, 4.69) is 10.2 Å². The van der Waals surface area contributed by atoms with Gasteiger partial charge in [-0.15, -0.1) is 0 Å². The summed E-state index contributed by atoms with van der Waals surface area (Å²) in [6, 6.07) is 14.3. The number of hydrogen-bond donors (Lipinski definition) is 2. The van der Waals surface area contributed by atoms with Crippen molar-refractivity contribution in [2.24, 2.45) is 0 Å². The fourth-order valence-electron chi connectivity index (χ4n) is 4.62. The molecule has 4 aromatic rings. The summed E-state index contributed by atoms with van der Waals surface area (Å²) in [6.45, 7) is 7.25. The Labute approximate surface area is 209 Å². The molecule has 2 N–H and O–H groups in total. The van der Waals surface area contributed by atoms with Gasteiger partial charge in [0, 0.05) is 11.1 Å². The molecule has 0 bridgehead atoms. The standard InChI is InChI=1S/C28H29N3O5/c1-4-12-36-22-11-9-18(15-23(22)34-5-2)27-24-25(20-14-17(3)8-10-21(20)32)29-30-26(24)28(33)31(27)16-19-7-6-13-35-19/h6-11,13-15,27,32H,4-5,12,16H2,1-3H3,(H,29,30)/t27-/m1/s1. The Bertz CT molecular complexity index is 1380. The number of H-pyrrole nitrogens is 1. The van der Waals surface area contributed by atoms with Gasteiger partial charge >= 0.3 is 0 Å². The Morgan fingerprint density at radius 1 is 1.11 bits per heavy atom. The average Bonchev–Trinajstić information content (AvgIpc) is 3.60. The van der Waals surface area contributed by atoms with E-state index in [4.69, 9.17) is 13.9 Å². The van der Waals surface area contributed by atoms with Gasteiger partial charge in [-0.3, -0.25) is 9.89 Å². The second kappa shape index (κ2) is 9.81. The van der Waals surface area contributed by atoms with E-state index in [1.165, 1.54) is 0 Å². The summed E-state index contributed by atoms with van der Waals surface area (Å²) in [5.74, 6) is 1.85. The molecule has 0 spiro atoms. The number of furan rings is 1. The Hall–Kier alpha value is -4.20. The topological polar surface area (TPSA) is 101 Å². The molecule has 5 rings (SSSR count). The number of hydrogen-bond acceptors (Lipinski definition) is 6. The third-order valence-corrected chi connectivity index (χ3v) is 6.22. The lowest BCUT2D eigenvalue weighted by molar-refractivity contribution is 0.0716. The van der Waals surface area contributed by atoms with Crippen molar-refractivity contribution in [1.29, 1.82) is 0 Å². The summed E-state index contributed by atoms with van der Waals surface area (Å²) in [7, 11) is 0. The Kier molecular flexibility index (Phi) is 6.41. The lowest BCUT2D eigenvalue weighted by atomic mass is 9.94. The number of benzene rings is 2. The van der Waals surface area contributed by atoms with E-state index in [0.29, 0.717) is 53.0 Å². The molecule has 1 atom stereocenters. The summed E-state index contributed by atoms with van der Waals surface area (Å²) in [5, 5.41) is 18.1. The van der Waals surface area contributed by atoms with E-state index in [-0.39, 0.29) is 18.2 Å². The molecule has 8 nitrogen and oxygen atoms in total. The number of phenolic OH excluding ortho intramolecular Hbond substituents is 1. The first-order valence-corrected chi connectivity index (χ1v) is 12.1. The van der Waals surface area contributed by atoms with E-state index >= 15 is 0 Å². The molecule has 0 saturated carbocycles. The second-order valence-electron chi connectivity index (χ2n) is 8.78. The molecular weight excluding hydrogens is 458 g/mol. The molecule has 36 heavy (non-hydrogen) atoms. The highest BCUT2D eigenvalue weighted by atomic mass is 16.5. The first kappa shape index (κ1) is 23.5. The number of carbonyl (C=O) groups is 1. The molecule has 0 radical (unpaired) electrons. The third kappa shape index (κ3) is 4.19. The zero-order chi connectivity index (χ0) is 25.2. The smallest absolute Gasteiger partial charge is 0.273 e. The van der Waals surface area contributed by atoms with Crippen LogP contribution in [0.2, 0.25) is 0 Å². The van der Waals surface area contributed by atoms with Gasteiger partial charge in [0.2, 0.25) is 0 Å². The van der Waals surface area contributed by atoms with E-state index in [0.717, 1.165) is 17.5 Å². The molecule has 2 aromatic carbocycles. The van der Waals surface area contributed by atoms with Crippen molar-refractivity contribution in [3.05, 3.63) is 82.9 Å². The lowest BCUT2D eigenvalue weighted by Crippen LogP contribution is -2.29. The molecule has 0 fully saturated rings. The van der Waals surface area contributed by atoms with Crippen molar-refractivity contribution >= 4 is 5.91 Å². The Morgan fingerprint density at radius 3 is 2.72 bits per heavy atom. The van der Waals surface area contributed by atoms with Gasteiger partial charge in [-0.25, -0.2) is 0 Å². The van der Waals surface area contributed by atoms with Gasteiger partial charge in [0.15, 0.2) is 11.5 Å². The largest absolute Gasteiger partial charge is 0.507 e. The number of nitrogens with zero attached hydrogens (tertiary/aromatic N) is 2. The monoisotopic (exact) mass is 487 g/mol. The van der Waals surface area contributed by atoms with Crippen LogP contribution in [0, 0.1) is 6.92 Å². The summed E-state index contributed by atoms with van der Waals surface area (Å²) < 4.78 is 17.4. The SMILES string of the molecule is CCCOc1ccc([C@@H]2c3c(-c4cc(C)ccc4O)n[nH]c3C(=O)N2Cc2ccco2)cc1OCC. The second-order valence-corrected chi connectivity index (χ2v) is 8.78. The number of aromatic hydroxyl groups is 1. The fraction of sp³-hybridized carbons (Fsp3) is 0.286. The lowest BCUT2D eigenvalue weighted by Gasteiger charge is -2.26. The number of rotatable bonds is 9. The number of aromatic amines is 1. The predicted molar refractivity (Wildman–Crippen MR) is 134 cm³/mol. The van der Waals surface area contributed by atoms with Crippen molar-refractivity contribution < 1.29 is 23.8 Å². The minimum atomic E-state index is -0.481. The maximum atomic E-state index is 13.6. The normalized spacial score (nSPS) is 14.8. The molecule has 0 saturated heterocycles. The van der Waals surface area contributed by atoms with Crippen LogP contribution in [0.3, 0.4) is 0 Å². The predicted octanol–water partition coefficient (Wildman–Crippen LogP) is 5.62. The van der Waals surface area contributed by atoms with Gasteiger partial charge in [0.25, 0.3) is 5.91 Å². The molecule has 1 aliphatic rings. The minimum Gasteiger partial charge on any atom is -0.507 e. The van der Waals surface area contributed by atoms with Crippen LogP contribution in [-0.2, 0) is 6.54 Å². The summed E-state index contributed by atoms with van der Waals surface area (Å²) in [6.07, 6.45) is 2.47. The first-order chi connectivity index (χ1) is 17.5. The number of ether oxygens (including phenoxy) is 2. The molecule has 0 unspecified atom stereocenters. The number of aryl methyl sites for hydroxylation is 1. The van der Waals surface area contributed by atoms with Gasteiger partial charge in [-0.1, -0.05) is 24.6 Å². The molecule has 1 aliphatic heterocycles. The zero-order valence-electron chi connectivity index (χ0n) is 20.6. The number of phenols is 1. The molecule has 8 heteroatoms.